The second-order valence-corrected chi connectivity index (χ2v) is 21.5. The third kappa shape index (κ3) is 6.33. The molecule has 0 bridgehead atoms. The number of aromatic nitrogens is 2. The molecule has 1 aliphatic rings. The van der Waals surface area contributed by atoms with Crippen molar-refractivity contribution in [2.45, 2.75) is 156 Å². The van der Waals surface area contributed by atoms with E-state index >= 15 is 0 Å². The van der Waals surface area contributed by atoms with Gasteiger partial charge in [-0.25, -0.2) is 0 Å². The summed E-state index contributed by atoms with van der Waals surface area (Å²) in [7, 11) is 0. The van der Waals surface area contributed by atoms with Gasteiger partial charge in [-0.05, 0) is 111 Å². The number of aryl methyl sites for hydroxylation is 4. The first-order valence-electron chi connectivity index (χ1n) is 21.1. The van der Waals surface area contributed by atoms with E-state index in [1.165, 1.54) is 89.6 Å². The molecule has 0 saturated heterocycles. The lowest BCUT2D eigenvalue weighted by Crippen LogP contribution is -2.41. The van der Waals surface area contributed by atoms with Crippen molar-refractivity contribution in [2.24, 2.45) is 0 Å². The molecule has 0 spiro atoms. The predicted octanol–water partition coefficient (Wildman–Crippen LogP) is 14.8. The Morgan fingerprint density at radius 2 is 0.877 bits per heavy atom. The Hall–Kier alpha value is -4.08. The summed E-state index contributed by atoms with van der Waals surface area (Å²) in [6, 6.07) is 33.4. The van der Waals surface area contributed by atoms with Crippen LogP contribution in [0.1, 0.15) is 163 Å². The summed E-state index contributed by atoms with van der Waals surface area (Å²) in [4.78, 5) is 0. The molecule has 1 unspecified atom stereocenters. The third-order valence-corrected chi connectivity index (χ3v) is 16.3. The Morgan fingerprint density at radius 1 is 0.474 bits per heavy atom. The number of hydrogen-bond acceptors (Lipinski definition) is 3. The van der Waals surface area contributed by atoms with Gasteiger partial charge in [0.1, 0.15) is 11.0 Å². The van der Waals surface area contributed by atoms with Gasteiger partial charge in [0, 0.05) is 10.8 Å². The molecule has 1 atom stereocenters. The first-order valence-corrected chi connectivity index (χ1v) is 21.8. The zero-order valence-corrected chi connectivity index (χ0v) is 38.8. The normalized spacial score (nSPS) is 15.2. The Kier molecular flexibility index (Phi) is 9.72. The van der Waals surface area contributed by atoms with Crippen LogP contribution >= 0.6 is 11.7 Å². The fraction of sp³-hybridized carbons (Fsp3) is 0.444. The van der Waals surface area contributed by atoms with Gasteiger partial charge in [-0.15, -0.1) is 0 Å². The van der Waals surface area contributed by atoms with Crippen LogP contribution in [0.25, 0.3) is 22.2 Å². The van der Waals surface area contributed by atoms with Gasteiger partial charge in [-0.1, -0.05) is 197 Å². The minimum Gasteiger partial charge on any atom is -0.173 e. The molecule has 0 fully saturated rings. The monoisotopic (exact) mass is 774 g/mol. The molecule has 1 aliphatic carbocycles. The lowest BCUT2D eigenvalue weighted by Gasteiger charge is -2.44. The van der Waals surface area contributed by atoms with Crippen molar-refractivity contribution in [3.63, 3.8) is 0 Å². The largest absolute Gasteiger partial charge is 0.173 e. The van der Waals surface area contributed by atoms with Crippen LogP contribution in [-0.2, 0) is 32.5 Å². The van der Waals surface area contributed by atoms with Crippen LogP contribution in [0.2, 0.25) is 0 Å². The van der Waals surface area contributed by atoms with E-state index in [4.69, 9.17) is 8.75 Å². The highest BCUT2D eigenvalue weighted by Crippen LogP contribution is 2.54. The molecule has 6 aromatic rings. The second kappa shape index (κ2) is 13.5. The lowest BCUT2D eigenvalue weighted by atomic mass is 9.60. The topological polar surface area (TPSA) is 25.8 Å². The summed E-state index contributed by atoms with van der Waals surface area (Å²) in [5, 5.41) is 0. The van der Waals surface area contributed by atoms with Gasteiger partial charge >= 0.3 is 0 Å². The van der Waals surface area contributed by atoms with Crippen LogP contribution in [0.5, 0.6) is 0 Å². The van der Waals surface area contributed by atoms with E-state index in [2.05, 4.69) is 203 Å². The van der Waals surface area contributed by atoms with E-state index < -0.39 is 0 Å². The van der Waals surface area contributed by atoms with E-state index in [1.807, 2.05) is 0 Å². The highest BCUT2D eigenvalue weighted by Gasteiger charge is 2.46. The molecule has 0 saturated carbocycles. The lowest BCUT2D eigenvalue weighted by molar-refractivity contribution is 0.302. The van der Waals surface area contributed by atoms with E-state index in [9.17, 15) is 0 Å². The molecular weight excluding hydrogens is 709 g/mol. The Morgan fingerprint density at radius 3 is 1.37 bits per heavy atom. The Labute approximate surface area is 348 Å². The molecule has 5 aromatic carbocycles. The van der Waals surface area contributed by atoms with Crippen molar-refractivity contribution in [3.8, 4) is 11.1 Å². The van der Waals surface area contributed by atoms with Crippen molar-refractivity contribution in [2.75, 3.05) is 0 Å². The summed E-state index contributed by atoms with van der Waals surface area (Å²) >= 11 is 1.35. The van der Waals surface area contributed by atoms with E-state index in [-0.39, 0.29) is 32.5 Å². The summed E-state index contributed by atoms with van der Waals surface area (Å²) in [5.41, 5.74) is 20.1. The number of fused-ring (bicyclic) bond motifs is 4. The molecule has 1 aromatic heterocycles. The summed E-state index contributed by atoms with van der Waals surface area (Å²) < 4.78 is 10.0. The number of benzene rings is 5. The highest BCUT2D eigenvalue weighted by atomic mass is 32.1. The average Bonchev–Trinajstić information content (AvgIpc) is 3.70. The van der Waals surface area contributed by atoms with E-state index in [0.29, 0.717) is 5.92 Å². The smallest absolute Gasteiger partial charge is 0.108 e. The van der Waals surface area contributed by atoms with Gasteiger partial charge in [-0.2, -0.15) is 8.75 Å². The van der Waals surface area contributed by atoms with Crippen molar-refractivity contribution in [1.82, 2.24) is 8.75 Å². The molecule has 0 radical (unpaired) electrons. The number of nitrogens with zero attached hydrogens (tertiary/aromatic N) is 2. The van der Waals surface area contributed by atoms with Gasteiger partial charge in [0.15, 0.2) is 0 Å². The third-order valence-electron chi connectivity index (χ3n) is 15.8. The standard InChI is InChI=1S/C54H66N2S/c1-32-24-33(2)27-37(26-32)36(5)49(6,7)43-22-23-44(48-47(43)55-57-56-48)54(16,17)52(12,13)39-19-21-42-41-20-18-38(30-45(41)50(8,9)46(42)31-39)51(10,11)53(14,15)40-28-34(3)25-35(4)29-40/h18-31,36H,1-17H3. The molecule has 0 N–H and O–H groups in total. The zero-order chi connectivity index (χ0) is 41.8. The predicted molar refractivity (Wildman–Crippen MR) is 247 cm³/mol. The van der Waals surface area contributed by atoms with E-state index in [1.54, 1.807) is 0 Å². The van der Waals surface area contributed by atoms with Gasteiger partial charge in [0.2, 0.25) is 0 Å². The minimum atomic E-state index is -0.246. The molecule has 7 rings (SSSR count). The molecule has 0 aliphatic heterocycles. The first kappa shape index (κ1) is 41.1. The fourth-order valence-corrected chi connectivity index (χ4v) is 10.6. The minimum absolute atomic E-state index is 0.0685. The molecule has 2 nitrogen and oxygen atoms in total. The van der Waals surface area contributed by atoms with Crippen LogP contribution in [0, 0.1) is 27.7 Å². The van der Waals surface area contributed by atoms with Gasteiger partial charge in [-0.3, -0.25) is 0 Å². The van der Waals surface area contributed by atoms with Crippen LogP contribution in [-0.4, -0.2) is 8.75 Å². The van der Waals surface area contributed by atoms with Crippen LogP contribution in [0.15, 0.2) is 84.9 Å². The first-order chi connectivity index (χ1) is 26.3. The molecule has 3 heteroatoms. The second-order valence-electron chi connectivity index (χ2n) is 21.0. The number of rotatable bonds is 9. The zero-order valence-electron chi connectivity index (χ0n) is 38.0. The van der Waals surface area contributed by atoms with E-state index in [0.717, 1.165) is 11.0 Å². The van der Waals surface area contributed by atoms with Crippen molar-refractivity contribution >= 4 is 22.8 Å². The molecule has 298 valence electrons. The molecule has 0 amide bonds. The van der Waals surface area contributed by atoms with Gasteiger partial charge in [0.25, 0.3) is 0 Å². The molecule has 57 heavy (non-hydrogen) atoms. The van der Waals surface area contributed by atoms with Crippen molar-refractivity contribution in [3.05, 3.63) is 152 Å². The molecule has 1 heterocycles. The average molecular weight is 775 g/mol. The fourth-order valence-electron chi connectivity index (χ4n) is 10.1. The van der Waals surface area contributed by atoms with Crippen LogP contribution in [0.3, 0.4) is 0 Å². The summed E-state index contributed by atoms with van der Waals surface area (Å²) in [6.45, 7) is 40.1. The summed E-state index contributed by atoms with van der Waals surface area (Å²) in [5.74, 6) is 0.307. The SMILES string of the molecule is Cc1cc(C)cc(C(C)C(C)(C)c2ccc(C(C)(C)C(C)(C)c3ccc4c(c3)C(C)(C)c3cc(C(C)(C)C(C)(C)c5cc(C)cc(C)c5)ccc3-4)c3nsnc23)c1. The maximum Gasteiger partial charge on any atom is 0.108 e. The molecular formula is C54H66N2S. The van der Waals surface area contributed by atoms with Crippen LogP contribution in [0.4, 0.5) is 0 Å². The van der Waals surface area contributed by atoms with Crippen molar-refractivity contribution < 1.29 is 0 Å². The Bertz CT molecular complexity index is 2490. The summed E-state index contributed by atoms with van der Waals surface area (Å²) in [6.07, 6.45) is 0. The maximum absolute atomic E-state index is 5.04. The number of hydrogen-bond donors (Lipinski definition) is 0. The van der Waals surface area contributed by atoms with Crippen molar-refractivity contribution in [1.29, 1.82) is 0 Å². The maximum atomic E-state index is 5.04. The van der Waals surface area contributed by atoms with Gasteiger partial charge < -0.3 is 0 Å². The van der Waals surface area contributed by atoms with Crippen LogP contribution < -0.4 is 0 Å². The highest BCUT2D eigenvalue weighted by molar-refractivity contribution is 7.00. The quantitative estimate of drug-likeness (QED) is 0.146. The Balaban J connectivity index is 1.24. The van der Waals surface area contributed by atoms with Gasteiger partial charge in [0.05, 0.1) is 11.7 Å².